The fraction of sp³-hybridized carbons (Fsp3) is 0.682. The molecule has 0 aliphatic heterocycles. The first-order valence-electron chi connectivity index (χ1n) is 10.6. The van der Waals surface area contributed by atoms with Crippen molar-refractivity contribution in [3.05, 3.63) is 17.7 Å². The highest BCUT2D eigenvalue weighted by atomic mass is 19.4. The summed E-state index contributed by atoms with van der Waals surface area (Å²) in [6, 6.07) is 3.08. The fourth-order valence-corrected chi connectivity index (χ4v) is 4.33. The SMILES string of the molecule is CNc1cc(N(C)CC(C)(C)O)c(C(=O)N[C@H](C)C2CCC(C(F)(F)F)CC2)cc1N. The van der Waals surface area contributed by atoms with E-state index in [0.717, 1.165) is 0 Å². The Bertz CT molecular complexity index is 769. The second kappa shape index (κ2) is 9.54. The number of alkyl halides is 3. The fourth-order valence-electron chi connectivity index (χ4n) is 4.33. The third kappa shape index (κ3) is 6.66. The van der Waals surface area contributed by atoms with Gasteiger partial charge in [-0.05, 0) is 64.5 Å². The molecule has 176 valence electrons. The molecule has 0 spiro atoms. The summed E-state index contributed by atoms with van der Waals surface area (Å²) in [7, 11) is 3.51. The molecule has 2 rings (SSSR count). The molecule has 5 N–H and O–H groups in total. The summed E-state index contributed by atoms with van der Waals surface area (Å²) < 4.78 is 38.8. The Hall–Kier alpha value is -2.16. The maximum Gasteiger partial charge on any atom is 0.391 e. The molecular weight excluding hydrogens is 409 g/mol. The zero-order valence-electron chi connectivity index (χ0n) is 18.9. The molecule has 0 unspecified atom stereocenters. The lowest BCUT2D eigenvalue weighted by Gasteiger charge is -2.34. The lowest BCUT2D eigenvalue weighted by molar-refractivity contribution is -0.184. The van der Waals surface area contributed by atoms with E-state index in [-0.39, 0.29) is 37.3 Å². The van der Waals surface area contributed by atoms with E-state index >= 15 is 0 Å². The van der Waals surface area contributed by atoms with Gasteiger partial charge in [0.25, 0.3) is 5.91 Å². The number of benzene rings is 1. The monoisotopic (exact) mass is 444 g/mol. The van der Waals surface area contributed by atoms with Crippen LogP contribution in [0.2, 0.25) is 0 Å². The van der Waals surface area contributed by atoms with Crippen LogP contribution in [0.25, 0.3) is 0 Å². The van der Waals surface area contributed by atoms with Crippen LogP contribution in [0, 0.1) is 11.8 Å². The first-order valence-corrected chi connectivity index (χ1v) is 10.6. The standard InChI is InChI=1S/C22H35F3N4O2/c1-13(14-6-8-15(9-7-14)22(23,24)25)28-20(30)16-10-17(26)18(27-4)11-19(16)29(5)12-21(2,3)31/h10-11,13-15,27,31H,6-9,12,26H2,1-5H3,(H,28,30)/t13-,14?,15?/m1/s1. The molecule has 1 saturated carbocycles. The summed E-state index contributed by atoms with van der Waals surface area (Å²) in [5.41, 5.74) is 7.13. The Balaban J connectivity index is 2.17. The van der Waals surface area contributed by atoms with Crippen molar-refractivity contribution in [3.8, 4) is 0 Å². The van der Waals surface area contributed by atoms with Crippen LogP contribution in [0.4, 0.5) is 30.2 Å². The molecule has 31 heavy (non-hydrogen) atoms. The minimum Gasteiger partial charge on any atom is -0.397 e. The van der Waals surface area contributed by atoms with Crippen molar-refractivity contribution in [2.24, 2.45) is 11.8 Å². The van der Waals surface area contributed by atoms with E-state index in [1.165, 1.54) is 0 Å². The Morgan fingerprint density at radius 1 is 1.26 bits per heavy atom. The minimum atomic E-state index is -4.15. The van der Waals surface area contributed by atoms with E-state index in [9.17, 15) is 23.1 Å². The Morgan fingerprint density at radius 3 is 2.32 bits per heavy atom. The van der Waals surface area contributed by atoms with Crippen LogP contribution < -0.4 is 21.3 Å². The van der Waals surface area contributed by atoms with Gasteiger partial charge in [0.15, 0.2) is 0 Å². The predicted octanol–water partition coefficient (Wildman–Crippen LogP) is 4.00. The molecule has 1 aliphatic rings. The molecule has 1 atom stereocenters. The average Bonchev–Trinajstić information content (AvgIpc) is 2.65. The molecule has 1 amide bonds. The molecule has 1 fully saturated rings. The summed E-state index contributed by atoms with van der Waals surface area (Å²) in [6.45, 7) is 5.48. The van der Waals surface area contributed by atoms with Gasteiger partial charge >= 0.3 is 6.18 Å². The lowest BCUT2D eigenvalue weighted by atomic mass is 9.78. The average molecular weight is 445 g/mol. The highest BCUT2D eigenvalue weighted by Gasteiger charge is 2.42. The predicted molar refractivity (Wildman–Crippen MR) is 118 cm³/mol. The molecule has 6 nitrogen and oxygen atoms in total. The lowest BCUT2D eigenvalue weighted by Crippen LogP contribution is -2.42. The molecule has 0 aromatic heterocycles. The number of hydrogen-bond acceptors (Lipinski definition) is 5. The second-order valence-corrected chi connectivity index (χ2v) is 9.29. The van der Waals surface area contributed by atoms with Crippen molar-refractivity contribution < 1.29 is 23.1 Å². The van der Waals surface area contributed by atoms with Gasteiger partial charge in [0.1, 0.15) is 0 Å². The minimum absolute atomic E-state index is 0.00552. The van der Waals surface area contributed by atoms with Crippen LogP contribution in [0.1, 0.15) is 56.8 Å². The number of likely N-dealkylation sites (N-methyl/N-ethyl adjacent to an activating group) is 1. The van der Waals surface area contributed by atoms with Crippen LogP contribution in [0.5, 0.6) is 0 Å². The van der Waals surface area contributed by atoms with Gasteiger partial charge < -0.3 is 26.4 Å². The normalized spacial score (nSPS) is 20.8. The first kappa shape index (κ1) is 25.1. The third-order valence-corrected chi connectivity index (χ3v) is 6.02. The molecule has 0 radical (unpaired) electrons. The number of nitrogens with zero attached hydrogens (tertiary/aromatic N) is 1. The third-order valence-electron chi connectivity index (χ3n) is 6.02. The number of nitrogens with one attached hydrogen (secondary N) is 2. The number of carbonyl (C=O) groups excluding carboxylic acids is 1. The Kier molecular flexibility index (Phi) is 7.73. The molecule has 1 aromatic rings. The number of carbonyl (C=O) groups is 1. The van der Waals surface area contributed by atoms with Gasteiger partial charge in [0, 0.05) is 26.7 Å². The van der Waals surface area contributed by atoms with Crippen molar-refractivity contribution in [3.63, 3.8) is 0 Å². The smallest absolute Gasteiger partial charge is 0.391 e. The van der Waals surface area contributed by atoms with Crippen molar-refractivity contribution in [2.45, 2.75) is 64.3 Å². The van der Waals surface area contributed by atoms with E-state index in [1.54, 1.807) is 45.0 Å². The number of halogens is 3. The van der Waals surface area contributed by atoms with Crippen LogP contribution in [-0.4, -0.2) is 49.5 Å². The highest BCUT2D eigenvalue weighted by molar-refractivity contribution is 6.02. The van der Waals surface area contributed by atoms with Crippen molar-refractivity contribution >= 4 is 23.0 Å². The number of hydrogen-bond donors (Lipinski definition) is 4. The van der Waals surface area contributed by atoms with Gasteiger partial charge in [-0.25, -0.2) is 0 Å². The molecule has 0 heterocycles. The van der Waals surface area contributed by atoms with Gasteiger partial charge in [-0.1, -0.05) is 0 Å². The molecular formula is C22H35F3N4O2. The maximum absolute atomic E-state index is 13.1. The van der Waals surface area contributed by atoms with Gasteiger partial charge in [0.05, 0.1) is 34.1 Å². The molecule has 0 saturated heterocycles. The zero-order valence-corrected chi connectivity index (χ0v) is 18.9. The molecule has 1 aromatic carbocycles. The number of nitrogen functional groups attached to an aromatic ring is 1. The van der Waals surface area contributed by atoms with E-state index < -0.39 is 17.7 Å². The summed E-state index contributed by atoms with van der Waals surface area (Å²) in [5, 5.41) is 16.1. The van der Waals surface area contributed by atoms with Gasteiger partial charge in [-0.2, -0.15) is 13.2 Å². The second-order valence-electron chi connectivity index (χ2n) is 9.29. The zero-order chi connectivity index (χ0) is 23.6. The molecule has 0 bridgehead atoms. The van der Waals surface area contributed by atoms with Gasteiger partial charge in [-0.15, -0.1) is 0 Å². The van der Waals surface area contributed by atoms with Gasteiger partial charge in [0.2, 0.25) is 0 Å². The summed E-state index contributed by atoms with van der Waals surface area (Å²) >= 11 is 0. The van der Waals surface area contributed by atoms with Crippen molar-refractivity contribution in [2.75, 3.05) is 36.6 Å². The van der Waals surface area contributed by atoms with E-state index in [4.69, 9.17) is 5.73 Å². The van der Waals surface area contributed by atoms with Crippen LogP contribution >= 0.6 is 0 Å². The topological polar surface area (TPSA) is 90.6 Å². The van der Waals surface area contributed by atoms with Crippen LogP contribution in [0.3, 0.4) is 0 Å². The Morgan fingerprint density at radius 2 is 1.84 bits per heavy atom. The van der Waals surface area contributed by atoms with Crippen molar-refractivity contribution in [1.29, 1.82) is 0 Å². The molecule has 9 heteroatoms. The maximum atomic E-state index is 13.1. The van der Waals surface area contributed by atoms with Crippen LogP contribution in [-0.2, 0) is 0 Å². The Labute approximate surface area is 182 Å². The summed E-state index contributed by atoms with van der Waals surface area (Å²) in [5.74, 6) is -1.59. The van der Waals surface area contributed by atoms with E-state index in [2.05, 4.69) is 10.6 Å². The summed E-state index contributed by atoms with van der Waals surface area (Å²) in [6.07, 6.45) is -3.10. The number of amides is 1. The van der Waals surface area contributed by atoms with E-state index in [1.807, 2.05) is 6.92 Å². The van der Waals surface area contributed by atoms with Crippen molar-refractivity contribution in [1.82, 2.24) is 5.32 Å². The number of anilines is 3. The summed E-state index contributed by atoms with van der Waals surface area (Å²) in [4.78, 5) is 14.9. The van der Waals surface area contributed by atoms with E-state index in [0.29, 0.717) is 35.5 Å². The highest BCUT2D eigenvalue weighted by Crippen LogP contribution is 2.40. The largest absolute Gasteiger partial charge is 0.397 e. The first-order chi connectivity index (χ1) is 14.2. The quantitative estimate of drug-likeness (QED) is 0.477. The number of rotatable bonds is 7. The van der Waals surface area contributed by atoms with Crippen LogP contribution in [0.15, 0.2) is 12.1 Å². The number of nitrogens with two attached hydrogens (primary N) is 1. The van der Waals surface area contributed by atoms with Gasteiger partial charge in [-0.3, -0.25) is 4.79 Å². The number of aliphatic hydroxyl groups is 1. The molecule has 1 aliphatic carbocycles.